The highest BCUT2D eigenvalue weighted by atomic mass is 32.2. The van der Waals surface area contributed by atoms with Crippen molar-refractivity contribution in [3.63, 3.8) is 0 Å². The Bertz CT molecular complexity index is 900. The fourth-order valence-corrected chi connectivity index (χ4v) is 3.60. The smallest absolute Gasteiger partial charge is 0.226 e. The molecule has 3 rings (SSSR count). The maximum Gasteiger partial charge on any atom is 0.226 e. The summed E-state index contributed by atoms with van der Waals surface area (Å²) in [5.41, 5.74) is 1.29. The Balaban J connectivity index is 1.54. The molecule has 3 aromatic rings. The average Bonchev–Trinajstić information content (AvgIpc) is 3.17. The topological polar surface area (TPSA) is 99.1 Å². The number of sulfone groups is 1. The first-order valence-corrected chi connectivity index (χ1v) is 9.35. The minimum atomic E-state index is -3.25. The van der Waals surface area contributed by atoms with Gasteiger partial charge in [-0.1, -0.05) is 40.6 Å². The van der Waals surface area contributed by atoms with Gasteiger partial charge in [-0.15, -0.1) is 0 Å². The maximum atomic E-state index is 12.1. The van der Waals surface area contributed by atoms with Crippen LogP contribution >= 0.6 is 0 Å². The minimum Gasteiger partial charge on any atom is -0.361 e. The van der Waals surface area contributed by atoms with Crippen molar-refractivity contribution in [1.82, 2.24) is 15.3 Å². The monoisotopic (exact) mass is 347 g/mol. The van der Waals surface area contributed by atoms with Gasteiger partial charge in [-0.25, -0.2) is 8.42 Å². The molecule has 0 bridgehead atoms. The van der Waals surface area contributed by atoms with Gasteiger partial charge in [-0.05, 0) is 13.3 Å². The van der Waals surface area contributed by atoms with Gasteiger partial charge in [0.1, 0.15) is 5.76 Å². The summed E-state index contributed by atoms with van der Waals surface area (Å²) in [4.78, 5) is 4.29. The molecule has 0 amide bonds. The summed E-state index contributed by atoms with van der Waals surface area (Å²) in [7, 11) is -3.25. The van der Waals surface area contributed by atoms with E-state index in [1.807, 2.05) is 30.3 Å². The molecule has 126 valence electrons. The first-order chi connectivity index (χ1) is 11.5. The van der Waals surface area contributed by atoms with E-state index in [0.717, 1.165) is 5.56 Å². The van der Waals surface area contributed by atoms with E-state index in [-0.39, 0.29) is 11.5 Å². The van der Waals surface area contributed by atoms with Crippen molar-refractivity contribution in [2.24, 2.45) is 0 Å². The Morgan fingerprint density at radius 3 is 2.58 bits per heavy atom. The lowest BCUT2D eigenvalue weighted by molar-refractivity contribution is 0.378. The molecule has 0 saturated heterocycles. The van der Waals surface area contributed by atoms with E-state index in [2.05, 4.69) is 15.3 Å². The van der Waals surface area contributed by atoms with Crippen LogP contribution in [-0.4, -0.2) is 29.5 Å². The highest BCUT2D eigenvalue weighted by Crippen LogP contribution is 2.16. The van der Waals surface area contributed by atoms with Gasteiger partial charge in [-0.2, -0.15) is 4.98 Å². The molecule has 0 atom stereocenters. The molecule has 0 saturated carbocycles. The Morgan fingerprint density at radius 2 is 1.88 bits per heavy atom. The summed E-state index contributed by atoms with van der Waals surface area (Å²) in [5.74, 6) is 1.44. The third-order valence-electron chi connectivity index (χ3n) is 3.39. The molecule has 0 aliphatic rings. The Morgan fingerprint density at radius 1 is 1.08 bits per heavy atom. The Kier molecular flexibility index (Phi) is 4.75. The summed E-state index contributed by atoms with van der Waals surface area (Å²) in [6.07, 6.45) is 0.826. The van der Waals surface area contributed by atoms with E-state index in [9.17, 15) is 8.42 Å². The van der Waals surface area contributed by atoms with Gasteiger partial charge < -0.3 is 9.05 Å². The van der Waals surface area contributed by atoms with Crippen LogP contribution in [0.15, 0.2) is 45.4 Å². The third kappa shape index (κ3) is 4.29. The van der Waals surface area contributed by atoms with Gasteiger partial charge in [0, 0.05) is 18.1 Å². The zero-order valence-corrected chi connectivity index (χ0v) is 14.0. The molecule has 8 heteroatoms. The molecular formula is C16H17N3O4S. The third-order valence-corrected chi connectivity index (χ3v) is 5.04. The number of aromatic nitrogens is 3. The highest BCUT2D eigenvalue weighted by Gasteiger charge is 2.16. The van der Waals surface area contributed by atoms with Crippen LogP contribution in [0.4, 0.5) is 0 Å². The molecule has 7 nitrogen and oxygen atoms in total. The molecular weight excluding hydrogens is 330 g/mol. The molecule has 1 aromatic carbocycles. The second-order valence-electron chi connectivity index (χ2n) is 5.50. The van der Waals surface area contributed by atoms with Gasteiger partial charge in [0.05, 0.1) is 17.2 Å². The number of benzene rings is 1. The van der Waals surface area contributed by atoms with Gasteiger partial charge in [-0.3, -0.25) is 0 Å². The number of aryl methyl sites for hydroxylation is 2. The Labute approximate surface area is 139 Å². The Hall–Kier alpha value is -2.48. The van der Waals surface area contributed by atoms with Gasteiger partial charge in [0.15, 0.2) is 9.84 Å². The van der Waals surface area contributed by atoms with Crippen LogP contribution in [0.2, 0.25) is 0 Å². The lowest BCUT2D eigenvalue weighted by atomic mass is 10.2. The molecule has 2 heterocycles. The molecule has 0 unspecified atom stereocenters. The normalized spacial score (nSPS) is 11.7. The van der Waals surface area contributed by atoms with Gasteiger partial charge in [0.25, 0.3) is 0 Å². The van der Waals surface area contributed by atoms with Crippen LogP contribution in [0.5, 0.6) is 0 Å². The van der Waals surface area contributed by atoms with Crippen LogP contribution in [0.1, 0.15) is 23.8 Å². The zero-order valence-electron chi connectivity index (χ0n) is 13.2. The minimum absolute atomic E-state index is 0.0297. The number of rotatable bonds is 7. The summed E-state index contributed by atoms with van der Waals surface area (Å²) < 4.78 is 34.2. The molecule has 2 aromatic heterocycles. The second kappa shape index (κ2) is 6.96. The number of hydrogen-bond acceptors (Lipinski definition) is 7. The average molecular weight is 347 g/mol. The molecule has 0 aliphatic carbocycles. The van der Waals surface area contributed by atoms with Crippen LogP contribution < -0.4 is 0 Å². The molecule has 24 heavy (non-hydrogen) atoms. The standard InChI is InChI=1S/C16H17N3O4S/c1-12-10-14(18-22-12)11-24(20,21)9-5-8-15-17-16(19-23-15)13-6-3-2-4-7-13/h2-4,6-7,10H,5,8-9,11H2,1H3. The molecule has 0 fully saturated rings. The summed E-state index contributed by atoms with van der Waals surface area (Å²) in [6.45, 7) is 1.73. The quantitative estimate of drug-likeness (QED) is 0.647. The zero-order chi connectivity index (χ0) is 17.0. The van der Waals surface area contributed by atoms with E-state index >= 15 is 0 Å². The van der Waals surface area contributed by atoms with Crippen LogP contribution in [-0.2, 0) is 22.0 Å². The van der Waals surface area contributed by atoms with Crippen LogP contribution in [0.25, 0.3) is 11.4 Å². The van der Waals surface area contributed by atoms with Crippen molar-refractivity contribution < 1.29 is 17.5 Å². The molecule has 0 aliphatic heterocycles. The van der Waals surface area contributed by atoms with Gasteiger partial charge in [0.2, 0.25) is 11.7 Å². The molecule has 0 N–H and O–H groups in total. The van der Waals surface area contributed by atoms with Crippen molar-refractivity contribution in [2.75, 3.05) is 5.75 Å². The highest BCUT2D eigenvalue weighted by molar-refractivity contribution is 7.90. The van der Waals surface area contributed by atoms with Crippen LogP contribution in [0, 0.1) is 6.92 Å². The molecule has 0 radical (unpaired) electrons. The van der Waals surface area contributed by atoms with Gasteiger partial charge >= 0.3 is 0 Å². The first-order valence-electron chi connectivity index (χ1n) is 7.52. The fourth-order valence-electron chi connectivity index (χ4n) is 2.29. The SMILES string of the molecule is Cc1cc(CS(=O)(=O)CCCc2nc(-c3ccccc3)no2)no1. The van der Waals surface area contributed by atoms with Crippen molar-refractivity contribution >= 4 is 9.84 Å². The number of hydrogen-bond donors (Lipinski definition) is 0. The predicted molar refractivity (Wildman–Crippen MR) is 86.8 cm³/mol. The fraction of sp³-hybridized carbons (Fsp3) is 0.312. The van der Waals surface area contributed by atoms with Crippen molar-refractivity contribution in [2.45, 2.75) is 25.5 Å². The van der Waals surface area contributed by atoms with Crippen molar-refractivity contribution in [3.05, 3.63) is 53.7 Å². The lowest BCUT2D eigenvalue weighted by Gasteiger charge is -2.00. The van der Waals surface area contributed by atoms with E-state index in [0.29, 0.717) is 36.0 Å². The predicted octanol–water partition coefficient (Wildman–Crippen LogP) is 2.58. The van der Waals surface area contributed by atoms with Crippen molar-refractivity contribution in [3.8, 4) is 11.4 Å². The maximum absolute atomic E-state index is 12.1. The summed E-state index contributed by atoms with van der Waals surface area (Å²) in [5, 5.41) is 7.62. The van der Waals surface area contributed by atoms with E-state index in [1.54, 1.807) is 13.0 Å². The molecule has 0 spiro atoms. The summed E-state index contributed by atoms with van der Waals surface area (Å²) >= 11 is 0. The van der Waals surface area contributed by atoms with E-state index in [1.165, 1.54) is 0 Å². The van der Waals surface area contributed by atoms with E-state index < -0.39 is 9.84 Å². The second-order valence-corrected chi connectivity index (χ2v) is 7.69. The number of nitrogens with zero attached hydrogens (tertiary/aromatic N) is 3. The first kappa shape index (κ1) is 16.4. The van der Waals surface area contributed by atoms with Crippen LogP contribution in [0.3, 0.4) is 0 Å². The largest absolute Gasteiger partial charge is 0.361 e. The lowest BCUT2D eigenvalue weighted by Crippen LogP contribution is -2.10. The van der Waals surface area contributed by atoms with E-state index in [4.69, 9.17) is 9.05 Å². The van der Waals surface area contributed by atoms with Crippen molar-refractivity contribution in [1.29, 1.82) is 0 Å². The summed E-state index contributed by atoms with van der Waals surface area (Å²) in [6, 6.07) is 11.1.